The summed E-state index contributed by atoms with van der Waals surface area (Å²) in [5.74, 6) is -2.74. The Labute approximate surface area is 264 Å². The Balaban J connectivity index is 1.48. The average molecular weight is 680 g/mol. The number of terminal acetylenes is 1. The lowest BCUT2D eigenvalue weighted by Gasteiger charge is -2.30. The molecule has 0 saturated heterocycles. The number of H-pyrrole nitrogens is 2. The number of alkyl halides is 2. The van der Waals surface area contributed by atoms with Gasteiger partial charge in [-0.15, -0.1) is 6.42 Å². The maximum Gasteiger partial charge on any atom is 0.307 e. The molecule has 0 spiro atoms. The molecule has 0 aliphatic heterocycles. The molecular formula is C33H27BrF4N6O. The summed E-state index contributed by atoms with van der Waals surface area (Å²) in [4.78, 5) is 13.4. The number of hydrogen-bond donors (Lipinski definition) is 2. The van der Waals surface area contributed by atoms with E-state index in [0.29, 0.717) is 35.0 Å². The Hall–Kier alpha value is -4.72. The molecular weight excluding hydrogens is 652 g/mol. The molecule has 0 aliphatic rings. The van der Waals surface area contributed by atoms with Gasteiger partial charge in [-0.1, -0.05) is 39.6 Å². The third-order valence-corrected chi connectivity index (χ3v) is 8.33. The minimum Gasteiger partial charge on any atom is -0.454 e. The van der Waals surface area contributed by atoms with Gasteiger partial charge in [0.15, 0.2) is 11.6 Å². The Kier molecular flexibility index (Phi) is 9.23. The van der Waals surface area contributed by atoms with Gasteiger partial charge in [0.25, 0.3) is 0 Å². The number of rotatable bonds is 12. The summed E-state index contributed by atoms with van der Waals surface area (Å²) in [6.07, 6.45) is 8.89. The van der Waals surface area contributed by atoms with Crippen LogP contribution in [0.5, 0.6) is 11.5 Å². The van der Waals surface area contributed by atoms with Gasteiger partial charge >= 0.3 is 5.92 Å². The van der Waals surface area contributed by atoms with Crippen molar-refractivity contribution in [2.24, 2.45) is 5.11 Å². The van der Waals surface area contributed by atoms with Crippen LogP contribution in [0.1, 0.15) is 49.4 Å². The van der Waals surface area contributed by atoms with E-state index < -0.39 is 29.4 Å². The Morgan fingerprint density at radius 2 is 1.89 bits per heavy atom. The van der Waals surface area contributed by atoms with Crippen molar-refractivity contribution in [3.63, 3.8) is 0 Å². The third kappa shape index (κ3) is 6.85. The zero-order valence-corrected chi connectivity index (χ0v) is 25.6. The molecule has 3 aromatic carbocycles. The summed E-state index contributed by atoms with van der Waals surface area (Å²) in [6, 6.07) is 14.6. The first-order valence-electron chi connectivity index (χ1n) is 14.0. The largest absolute Gasteiger partial charge is 0.454 e. The number of fused-ring (bicyclic) bond motifs is 1. The van der Waals surface area contributed by atoms with Crippen molar-refractivity contribution >= 4 is 26.8 Å². The van der Waals surface area contributed by atoms with Gasteiger partial charge in [0, 0.05) is 61.8 Å². The van der Waals surface area contributed by atoms with Crippen molar-refractivity contribution < 1.29 is 22.3 Å². The minimum atomic E-state index is -3.17. The molecule has 12 heteroatoms. The predicted molar refractivity (Wildman–Crippen MR) is 168 cm³/mol. The second-order valence-electron chi connectivity index (χ2n) is 10.8. The quantitative estimate of drug-likeness (QED) is 0.0342. The second-order valence-corrected chi connectivity index (χ2v) is 11.7. The number of nitrogens with one attached hydrogen (secondary N) is 2. The first-order chi connectivity index (χ1) is 21.5. The fraction of sp³-hybridized carbons (Fsp3) is 0.242. The molecule has 0 amide bonds. The molecule has 0 radical (unpaired) electrons. The van der Waals surface area contributed by atoms with Crippen molar-refractivity contribution in [1.29, 1.82) is 0 Å². The number of ether oxygens (including phenoxy) is 1. The van der Waals surface area contributed by atoms with Crippen LogP contribution in [-0.2, 0) is 12.0 Å². The van der Waals surface area contributed by atoms with Crippen LogP contribution in [0.25, 0.3) is 32.7 Å². The summed E-state index contributed by atoms with van der Waals surface area (Å²) in [5.41, 5.74) is 10.6. The SMILES string of the molecule is C#CC(F)(F)CCCCC(C)(c1cccc(Br)c1)c1cnc(-c2cc(Oc3c(F)cc4[nH]ccc4c3CN=[N+]=[N-])ccc2F)[nH]1. The number of benzene rings is 3. The molecule has 2 heterocycles. The summed E-state index contributed by atoms with van der Waals surface area (Å²) < 4.78 is 64.5. The van der Waals surface area contributed by atoms with E-state index in [4.69, 9.17) is 16.7 Å². The fourth-order valence-electron chi connectivity index (χ4n) is 5.36. The lowest BCUT2D eigenvalue weighted by molar-refractivity contribution is 0.0535. The lowest BCUT2D eigenvalue weighted by Crippen LogP contribution is -2.24. The second kappa shape index (κ2) is 13.1. The maximum atomic E-state index is 15.2. The van der Waals surface area contributed by atoms with Crippen LogP contribution in [0.15, 0.2) is 76.6 Å². The summed E-state index contributed by atoms with van der Waals surface area (Å²) in [5, 5.41) is 4.21. The van der Waals surface area contributed by atoms with E-state index in [0.717, 1.165) is 10.0 Å². The molecule has 230 valence electrons. The van der Waals surface area contributed by atoms with Crippen molar-refractivity contribution in [3.8, 4) is 35.2 Å². The highest BCUT2D eigenvalue weighted by Gasteiger charge is 2.32. The smallest absolute Gasteiger partial charge is 0.307 e. The van der Waals surface area contributed by atoms with Gasteiger partial charge in [0.2, 0.25) is 0 Å². The normalized spacial score (nSPS) is 12.8. The molecule has 0 saturated carbocycles. The average Bonchev–Trinajstić information content (AvgIpc) is 3.70. The molecule has 0 fully saturated rings. The highest BCUT2D eigenvalue weighted by molar-refractivity contribution is 9.10. The molecule has 45 heavy (non-hydrogen) atoms. The molecule has 7 nitrogen and oxygen atoms in total. The van der Waals surface area contributed by atoms with Crippen molar-refractivity contribution in [2.45, 2.75) is 50.5 Å². The van der Waals surface area contributed by atoms with Crippen LogP contribution >= 0.6 is 15.9 Å². The van der Waals surface area contributed by atoms with Crippen LogP contribution in [0, 0.1) is 24.0 Å². The van der Waals surface area contributed by atoms with Crippen LogP contribution < -0.4 is 4.74 Å². The number of nitrogens with zero attached hydrogens (tertiary/aromatic N) is 4. The lowest BCUT2D eigenvalue weighted by atomic mass is 9.75. The van der Waals surface area contributed by atoms with E-state index in [9.17, 15) is 8.78 Å². The highest BCUT2D eigenvalue weighted by atomic mass is 79.9. The van der Waals surface area contributed by atoms with Gasteiger partial charge in [0.1, 0.15) is 17.4 Å². The highest BCUT2D eigenvalue weighted by Crippen LogP contribution is 2.40. The van der Waals surface area contributed by atoms with Gasteiger partial charge in [-0.05, 0) is 73.2 Å². The monoisotopic (exact) mass is 678 g/mol. The molecule has 0 aliphatic carbocycles. The first kappa shape index (κ1) is 31.7. The Morgan fingerprint density at radius 3 is 2.64 bits per heavy atom. The number of azide groups is 1. The number of aromatic amines is 2. The van der Waals surface area contributed by atoms with Gasteiger partial charge in [-0.3, -0.25) is 0 Å². The van der Waals surface area contributed by atoms with E-state index in [1.54, 1.807) is 18.5 Å². The zero-order valence-electron chi connectivity index (χ0n) is 24.1. The Morgan fingerprint density at radius 1 is 1.09 bits per heavy atom. The van der Waals surface area contributed by atoms with Crippen LogP contribution in [0.4, 0.5) is 17.6 Å². The molecule has 2 aromatic heterocycles. The number of aromatic nitrogens is 3. The van der Waals surface area contributed by atoms with E-state index in [1.807, 2.05) is 31.2 Å². The van der Waals surface area contributed by atoms with Crippen molar-refractivity contribution in [1.82, 2.24) is 15.0 Å². The predicted octanol–water partition coefficient (Wildman–Crippen LogP) is 10.3. The number of unbranched alkanes of at least 4 members (excludes halogenated alkanes) is 1. The van der Waals surface area contributed by atoms with E-state index in [-0.39, 0.29) is 35.9 Å². The van der Waals surface area contributed by atoms with E-state index >= 15 is 8.78 Å². The Bertz CT molecular complexity index is 1940. The van der Waals surface area contributed by atoms with Gasteiger partial charge in [0.05, 0.1) is 12.1 Å². The molecule has 5 aromatic rings. The first-order valence-corrected chi connectivity index (χ1v) is 14.8. The van der Waals surface area contributed by atoms with E-state index in [2.05, 4.69) is 40.9 Å². The minimum absolute atomic E-state index is 0.0729. The van der Waals surface area contributed by atoms with Crippen LogP contribution in [0.2, 0.25) is 0 Å². The molecule has 5 rings (SSSR count). The zero-order chi connectivity index (χ0) is 32.2. The number of imidazole rings is 1. The summed E-state index contributed by atoms with van der Waals surface area (Å²) in [6.45, 7) is 1.80. The topological polar surface area (TPSA) is 102 Å². The molecule has 1 unspecified atom stereocenters. The summed E-state index contributed by atoms with van der Waals surface area (Å²) >= 11 is 3.50. The standard InChI is InChI=1S/C33H27BrF4N6O/c1-3-33(37,38)13-5-4-12-32(2,20-7-6-8-21(34)15-20)29-19-41-31(43-29)24-16-22(9-10-26(24)35)45-30-25(18-42-44-39)23-11-14-40-28(23)17-27(30)36/h1,6-11,14-17,19,40H,4-5,12-13,18H2,2H3,(H,41,43). The summed E-state index contributed by atoms with van der Waals surface area (Å²) in [7, 11) is 0. The van der Waals surface area contributed by atoms with Gasteiger partial charge < -0.3 is 14.7 Å². The van der Waals surface area contributed by atoms with Gasteiger partial charge in [-0.2, -0.15) is 8.78 Å². The number of halogens is 5. The molecule has 1 atom stereocenters. The maximum absolute atomic E-state index is 15.2. The van der Waals surface area contributed by atoms with Gasteiger partial charge in [-0.25, -0.2) is 13.8 Å². The number of hydrogen-bond acceptors (Lipinski definition) is 3. The third-order valence-electron chi connectivity index (χ3n) is 7.83. The molecule has 2 N–H and O–H groups in total. The van der Waals surface area contributed by atoms with E-state index in [1.165, 1.54) is 30.2 Å². The fourth-order valence-corrected chi connectivity index (χ4v) is 5.76. The van der Waals surface area contributed by atoms with Crippen LogP contribution in [-0.4, -0.2) is 20.9 Å². The van der Waals surface area contributed by atoms with Crippen molar-refractivity contribution in [2.75, 3.05) is 0 Å². The van der Waals surface area contributed by atoms with Crippen LogP contribution in [0.3, 0.4) is 0 Å². The van der Waals surface area contributed by atoms with Crippen molar-refractivity contribution in [3.05, 3.63) is 110 Å². The molecule has 0 bridgehead atoms.